The summed E-state index contributed by atoms with van der Waals surface area (Å²) in [5.74, 6) is 0.710. The SMILES string of the molecule is CCn1c(CN(C)C)nc2sc([S+](C)[O-])nc2c1=O. The van der Waals surface area contributed by atoms with Crippen LogP contribution in [0.1, 0.15) is 12.7 Å². The predicted octanol–water partition coefficient (Wildman–Crippen LogP) is 0.672. The fourth-order valence-electron chi connectivity index (χ4n) is 1.78. The molecule has 0 aliphatic rings. The van der Waals surface area contributed by atoms with Gasteiger partial charge in [-0.1, -0.05) is 0 Å². The lowest BCUT2D eigenvalue weighted by atomic mass is 10.4. The Balaban J connectivity index is 2.67. The molecule has 0 spiro atoms. The van der Waals surface area contributed by atoms with Crippen LogP contribution in [-0.4, -0.2) is 44.3 Å². The van der Waals surface area contributed by atoms with E-state index in [9.17, 15) is 9.35 Å². The minimum Gasteiger partial charge on any atom is -0.610 e. The van der Waals surface area contributed by atoms with Crippen LogP contribution in [0.2, 0.25) is 0 Å². The number of hydrogen-bond donors (Lipinski definition) is 0. The third kappa shape index (κ3) is 2.81. The van der Waals surface area contributed by atoms with E-state index in [1.54, 1.807) is 10.8 Å². The number of aromatic nitrogens is 3. The van der Waals surface area contributed by atoms with Crippen molar-refractivity contribution >= 4 is 32.9 Å². The van der Waals surface area contributed by atoms with Crippen molar-refractivity contribution in [2.75, 3.05) is 20.4 Å². The van der Waals surface area contributed by atoms with E-state index < -0.39 is 11.2 Å². The zero-order valence-corrected chi connectivity index (χ0v) is 13.0. The first-order chi connectivity index (χ1) is 8.93. The van der Waals surface area contributed by atoms with E-state index in [-0.39, 0.29) is 5.56 Å². The van der Waals surface area contributed by atoms with Gasteiger partial charge in [0.25, 0.3) is 5.56 Å². The van der Waals surface area contributed by atoms with Crippen LogP contribution in [0.3, 0.4) is 0 Å². The topological polar surface area (TPSA) is 74.1 Å². The molecule has 2 aromatic rings. The Bertz CT molecular complexity index is 648. The molecule has 1 atom stereocenters. The molecule has 1 unspecified atom stereocenters. The summed E-state index contributed by atoms with van der Waals surface area (Å²) >= 11 is 0.0388. The second kappa shape index (κ2) is 5.58. The molecule has 2 aromatic heterocycles. The fourth-order valence-corrected chi connectivity index (χ4v) is 3.39. The molecule has 0 aliphatic heterocycles. The minimum absolute atomic E-state index is 0.155. The zero-order valence-electron chi connectivity index (χ0n) is 11.3. The third-order valence-corrected chi connectivity index (χ3v) is 4.88. The summed E-state index contributed by atoms with van der Waals surface area (Å²) in [7, 11) is 3.85. The van der Waals surface area contributed by atoms with Gasteiger partial charge >= 0.3 is 4.34 Å². The van der Waals surface area contributed by atoms with Gasteiger partial charge in [0, 0.05) is 17.7 Å². The lowest BCUT2D eigenvalue weighted by molar-refractivity contribution is 0.378. The summed E-state index contributed by atoms with van der Waals surface area (Å²) in [6, 6.07) is 0. The van der Waals surface area contributed by atoms with E-state index in [4.69, 9.17) is 0 Å². The van der Waals surface area contributed by atoms with E-state index in [1.165, 1.54) is 11.3 Å². The molecule has 6 nitrogen and oxygen atoms in total. The molecule has 0 amide bonds. The highest BCUT2D eigenvalue weighted by atomic mass is 32.2. The highest BCUT2D eigenvalue weighted by molar-refractivity contribution is 7.92. The molecule has 0 aromatic carbocycles. The van der Waals surface area contributed by atoms with Gasteiger partial charge in [-0.05, 0) is 32.4 Å². The van der Waals surface area contributed by atoms with Crippen LogP contribution in [-0.2, 0) is 24.3 Å². The van der Waals surface area contributed by atoms with Gasteiger partial charge in [-0.15, -0.1) is 0 Å². The molecule has 19 heavy (non-hydrogen) atoms. The van der Waals surface area contributed by atoms with Gasteiger partial charge in [0.2, 0.25) is 0 Å². The van der Waals surface area contributed by atoms with Crippen LogP contribution in [0.5, 0.6) is 0 Å². The van der Waals surface area contributed by atoms with Crippen molar-refractivity contribution in [2.24, 2.45) is 0 Å². The second-order valence-corrected chi connectivity index (χ2v) is 6.93. The average molecular weight is 300 g/mol. The van der Waals surface area contributed by atoms with Gasteiger partial charge in [0.1, 0.15) is 12.1 Å². The molecule has 8 heteroatoms. The summed E-state index contributed by atoms with van der Waals surface area (Å²) in [6.45, 7) is 3.04. The van der Waals surface area contributed by atoms with Crippen LogP contribution in [0, 0.1) is 0 Å². The highest BCUT2D eigenvalue weighted by Crippen LogP contribution is 2.22. The van der Waals surface area contributed by atoms with Gasteiger partial charge in [-0.25, -0.2) is 4.98 Å². The first kappa shape index (κ1) is 14.4. The second-order valence-electron chi connectivity index (χ2n) is 4.40. The maximum absolute atomic E-state index is 12.3. The molecule has 0 fully saturated rings. The molecular weight excluding hydrogens is 284 g/mol. The Kier molecular flexibility index (Phi) is 4.24. The van der Waals surface area contributed by atoms with Crippen molar-refractivity contribution < 1.29 is 4.55 Å². The van der Waals surface area contributed by atoms with E-state index in [2.05, 4.69) is 9.97 Å². The molecule has 2 heterocycles. The average Bonchev–Trinajstić information content (AvgIpc) is 2.73. The molecule has 104 valence electrons. The monoisotopic (exact) mass is 300 g/mol. The Morgan fingerprint density at radius 2 is 2.11 bits per heavy atom. The van der Waals surface area contributed by atoms with Crippen molar-refractivity contribution in [3.05, 3.63) is 16.2 Å². The van der Waals surface area contributed by atoms with E-state index in [0.717, 1.165) is 0 Å². The lowest BCUT2D eigenvalue weighted by Crippen LogP contribution is -2.27. The van der Waals surface area contributed by atoms with Crippen LogP contribution in [0.25, 0.3) is 10.3 Å². The van der Waals surface area contributed by atoms with Gasteiger partial charge in [-0.3, -0.25) is 9.36 Å². The van der Waals surface area contributed by atoms with Crippen molar-refractivity contribution in [2.45, 2.75) is 24.4 Å². The van der Waals surface area contributed by atoms with E-state index in [0.29, 0.717) is 33.6 Å². The van der Waals surface area contributed by atoms with E-state index in [1.807, 2.05) is 25.9 Å². The Labute approximate surface area is 118 Å². The molecule has 0 aliphatic carbocycles. The Morgan fingerprint density at radius 3 is 2.63 bits per heavy atom. The van der Waals surface area contributed by atoms with Crippen LogP contribution < -0.4 is 5.56 Å². The first-order valence-electron chi connectivity index (χ1n) is 5.82. The smallest absolute Gasteiger partial charge is 0.304 e. The van der Waals surface area contributed by atoms with E-state index >= 15 is 0 Å². The molecule has 0 bridgehead atoms. The minimum atomic E-state index is -1.19. The summed E-state index contributed by atoms with van der Waals surface area (Å²) < 4.78 is 13.5. The number of hydrogen-bond acceptors (Lipinski definition) is 6. The van der Waals surface area contributed by atoms with Crippen molar-refractivity contribution in [3.63, 3.8) is 0 Å². The molecule has 0 radical (unpaired) electrons. The number of thiazole rings is 1. The number of fused-ring (bicyclic) bond motifs is 1. The summed E-state index contributed by atoms with van der Waals surface area (Å²) in [5, 5.41) is 0. The van der Waals surface area contributed by atoms with Gasteiger partial charge in [-0.2, -0.15) is 4.98 Å². The van der Waals surface area contributed by atoms with Crippen molar-refractivity contribution in [1.82, 2.24) is 19.4 Å². The van der Waals surface area contributed by atoms with Gasteiger partial charge in [0.05, 0.1) is 6.54 Å². The molecule has 0 saturated carbocycles. The van der Waals surface area contributed by atoms with Crippen LogP contribution in [0.15, 0.2) is 9.13 Å². The normalized spacial score (nSPS) is 13.4. The van der Waals surface area contributed by atoms with Crippen molar-refractivity contribution in [1.29, 1.82) is 0 Å². The maximum Gasteiger partial charge on any atom is 0.304 e. The van der Waals surface area contributed by atoms with Gasteiger partial charge < -0.3 is 9.45 Å². The Hall–Kier alpha value is -0.960. The Morgan fingerprint density at radius 1 is 1.42 bits per heavy atom. The van der Waals surface area contributed by atoms with Crippen LogP contribution >= 0.6 is 11.3 Å². The molecule has 0 N–H and O–H groups in total. The van der Waals surface area contributed by atoms with Crippen molar-refractivity contribution in [3.8, 4) is 0 Å². The highest BCUT2D eigenvalue weighted by Gasteiger charge is 2.19. The zero-order chi connectivity index (χ0) is 14.2. The summed E-state index contributed by atoms with van der Waals surface area (Å²) in [5.41, 5.74) is 0.164. The van der Waals surface area contributed by atoms with Gasteiger partial charge in [0.15, 0.2) is 10.3 Å². The molecule has 2 rings (SSSR count). The largest absolute Gasteiger partial charge is 0.610 e. The van der Waals surface area contributed by atoms with Crippen LogP contribution in [0.4, 0.5) is 0 Å². The lowest BCUT2D eigenvalue weighted by Gasteiger charge is -2.13. The predicted molar refractivity (Wildman–Crippen MR) is 77.1 cm³/mol. The standard InChI is InChI=1S/C11H16N4O2S2/c1-5-15-7(6-14(2)3)12-9-8(10(15)16)13-11(18-9)19(4)17/h5-6H2,1-4H3. The number of rotatable bonds is 4. The fraction of sp³-hybridized carbons (Fsp3) is 0.545. The maximum atomic E-state index is 12.3. The summed E-state index contributed by atoms with van der Waals surface area (Å²) in [4.78, 5) is 23.5. The number of nitrogens with zero attached hydrogens (tertiary/aromatic N) is 4. The third-order valence-electron chi connectivity index (χ3n) is 2.60. The molecule has 0 saturated heterocycles. The summed E-state index contributed by atoms with van der Waals surface area (Å²) in [6.07, 6.45) is 1.55. The molecular formula is C11H16N4O2S2. The first-order valence-corrected chi connectivity index (χ1v) is 8.20. The quantitative estimate of drug-likeness (QED) is 0.776.